The summed E-state index contributed by atoms with van der Waals surface area (Å²) in [4.78, 5) is 0.0481. The zero-order valence-corrected chi connectivity index (χ0v) is 10.6. The fourth-order valence-corrected chi connectivity index (χ4v) is 3.32. The van der Waals surface area contributed by atoms with Gasteiger partial charge in [-0.3, -0.25) is 0 Å². The van der Waals surface area contributed by atoms with Crippen LogP contribution in [0.1, 0.15) is 5.56 Å². The van der Waals surface area contributed by atoms with Gasteiger partial charge in [0.25, 0.3) is 0 Å². The third-order valence-electron chi connectivity index (χ3n) is 3.08. The number of nitrogens with one attached hydrogen (secondary N) is 1. The van der Waals surface area contributed by atoms with Crippen molar-refractivity contribution in [3.05, 3.63) is 29.6 Å². The van der Waals surface area contributed by atoms with E-state index in [4.69, 9.17) is 0 Å². The number of hydrogen-bond acceptors (Lipinski definition) is 3. The number of benzene rings is 1. The summed E-state index contributed by atoms with van der Waals surface area (Å²) in [5.41, 5.74) is 0.561. The molecule has 0 atom stereocenters. The number of hydrogen-bond donors (Lipinski definition) is 1. The molecule has 1 aromatic rings. The van der Waals surface area contributed by atoms with Crippen molar-refractivity contribution in [3.8, 4) is 0 Å². The Morgan fingerprint density at radius 1 is 1.41 bits per heavy atom. The molecule has 6 heteroatoms. The molecule has 0 amide bonds. The highest BCUT2D eigenvalue weighted by atomic mass is 32.2. The molecule has 1 aromatic carbocycles. The lowest BCUT2D eigenvalue weighted by atomic mass is 10.2. The fraction of sp³-hybridized carbons (Fsp3) is 0.455. The molecular formula is C11H15FN2O2S. The molecule has 0 aromatic heterocycles. The van der Waals surface area contributed by atoms with Crippen molar-refractivity contribution in [2.24, 2.45) is 0 Å². The molecule has 1 aliphatic rings. The molecule has 1 aliphatic heterocycles. The second-order valence-corrected chi connectivity index (χ2v) is 6.21. The van der Waals surface area contributed by atoms with Crippen molar-refractivity contribution >= 4 is 10.0 Å². The minimum Gasteiger partial charge on any atom is -0.313 e. The molecule has 2 rings (SSSR count). The van der Waals surface area contributed by atoms with Gasteiger partial charge in [-0.15, -0.1) is 0 Å². The van der Waals surface area contributed by atoms with E-state index in [9.17, 15) is 12.8 Å². The first kappa shape index (κ1) is 12.5. The molecule has 0 radical (unpaired) electrons. The summed E-state index contributed by atoms with van der Waals surface area (Å²) in [5.74, 6) is -0.533. The van der Waals surface area contributed by atoms with Gasteiger partial charge in [0.15, 0.2) is 0 Å². The van der Waals surface area contributed by atoms with E-state index in [1.54, 1.807) is 6.92 Å². The third-order valence-corrected chi connectivity index (χ3v) is 5.13. The van der Waals surface area contributed by atoms with Gasteiger partial charge < -0.3 is 5.32 Å². The van der Waals surface area contributed by atoms with Gasteiger partial charge >= 0.3 is 0 Å². The first-order valence-electron chi connectivity index (χ1n) is 5.38. The van der Waals surface area contributed by atoms with E-state index < -0.39 is 15.8 Å². The SMILES string of the molecule is Cc1ccc(F)cc1S(=O)(=O)N(C)C1CNC1. The zero-order chi connectivity index (χ0) is 12.6. The van der Waals surface area contributed by atoms with Gasteiger partial charge in [-0.05, 0) is 24.6 Å². The zero-order valence-electron chi connectivity index (χ0n) is 9.77. The van der Waals surface area contributed by atoms with E-state index >= 15 is 0 Å². The van der Waals surface area contributed by atoms with Crippen LogP contribution in [0.2, 0.25) is 0 Å². The normalized spacial score (nSPS) is 17.2. The predicted octanol–water partition coefficient (Wildman–Crippen LogP) is 0.726. The van der Waals surface area contributed by atoms with Gasteiger partial charge in [0, 0.05) is 26.2 Å². The Morgan fingerprint density at radius 2 is 2.06 bits per heavy atom. The quantitative estimate of drug-likeness (QED) is 0.869. The van der Waals surface area contributed by atoms with Crippen LogP contribution in [0.15, 0.2) is 23.1 Å². The van der Waals surface area contributed by atoms with Crippen molar-refractivity contribution in [3.63, 3.8) is 0 Å². The summed E-state index contributed by atoms with van der Waals surface area (Å²) in [6.45, 7) is 2.95. The Balaban J connectivity index is 2.39. The third kappa shape index (κ3) is 2.20. The minimum absolute atomic E-state index is 0.0392. The summed E-state index contributed by atoms with van der Waals surface area (Å²) >= 11 is 0. The topological polar surface area (TPSA) is 49.4 Å². The molecule has 1 saturated heterocycles. The highest BCUT2D eigenvalue weighted by Crippen LogP contribution is 2.22. The van der Waals surface area contributed by atoms with Crippen LogP contribution in [0.4, 0.5) is 4.39 Å². The lowest BCUT2D eigenvalue weighted by Gasteiger charge is -2.34. The Morgan fingerprint density at radius 3 is 2.59 bits per heavy atom. The number of nitrogens with zero attached hydrogens (tertiary/aromatic N) is 1. The number of aryl methyl sites for hydroxylation is 1. The van der Waals surface area contributed by atoms with Crippen molar-refractivity contribution < 1.29 is 12.8 Å². The second kappa shape index (κ2) is 4.36. The smallest absolute Gasteiger partial charge is 0.243 e. The number of sulfonamides is 1. The van der Waals surface area contributed by atoms with Crippen LogP contribution in [0.5, 0.6) is 0 Å². The standard InChI is InChI=1S/C11H15FN2O2S/c1-8-3-4-9(12)5-11(8)17(15,16)14(2)10-6-13-7-10/h3-5,10,13H,6-7H2,1-2H3. The van der Waals surface area contributed by atoms with Crippen LogP contribution < -0.4 is 5.32 Å². The molecule has 94 valence electrons. The van der Waals surface area contributed by atoms with Gasteiger partial charge in [-0.1, -0.05) is 6.07 Å². The van der Waals surface area contributed by atoms with Crippen molar-refractivity contribution in [2.45, 2.75) is 17.9 Å². The molecule has 0 bridgehead atoms. The number of rotatable bonds is 3. The molecule has 1 N–H and O–H groups in total. The van der Waals surface area contributed by atoms with E-state index in [1.807, 2.05) is 0 Å². The average molecular weight is 258 g/mol. The highest BCUT2D eigenvalue weighted by molar-refractivity contribution is 7.89. The largest absolute Gasteiger partial charge is 0.313 e. The van der Waals surface area contributed by atoms with Crippen molar-refractivity contribution in [1.29, 1.82) is 0 Å². The Hall–Kier alpha value is -0.980. The number of halogens is 1. The molecule has 0 unspecified atom stereocenters. The predicted molar refractivity (Wildman–Crippen MR) is 62.7 cm³/mol. The summed E-state index contributed by atoms with van der Waals surface area (Å²) in [7, 11) is -2.07. The lowest BCUT2D eigenvalue weighted by molar-refractivity contribution is 0.274. The first-order chi connectivity index (χ1) is 7.93. The van der Waals surface area contributed by atoms with Crippen molar-refractivity contribution in [1.82, 2.24) is 9.62 Å². The van der Waals surface area contributed by atoms with E-state index in [1.165, 1.54) is 23.5 Å². The average Bonchev–Trinajstić information content (AvgIpc) is 2.19. The van der Waals surface area contributed by atoms with Gasteiger partial charge in [-0.2, -0.15) is 4.31 Å². The first-order valence-corrected chi connectivity index (χ1v) is 6.82. The van der Waals surface area contributed by atoms with Crippen LogP contribution in [-0.2, 0) is 10.0 Å². The van der Waals surface area contributed by atoms with Gasteiger partial charge in [0.2, 0.25) is 10.0 Å². The Labute approximate surface area is 100 Å². The van der Waals surface area contributed by atoms with Crippen LogP contribution in [0, 0.1) is 12.7 Å². The molecule has 0 aliphatic carbocycles. The summed E-state index contributed by atoms with van der Waals surface area (Å²) in [5, 5.41) is 3.01. The minimum atomic E-state index is -3.60. The molecule has 17 heavy (non-hydrogen) atoms. The lowest BCUT2D eigenvalue weighted by Crippen LogP contribution is -2.57. The highest BCUT2D eigenvalue weighted by Gasteiger charge is 2.32. The van der Waals surface area contributed by atoms with Gasteiger partial charge in [0.05, 0.1) is 4.90 Å². The van der Waals surface area contributed by atoms with Crippen molar-refractivity contribution in [2.75, 3.05) is 20.1 Å². The summed E-state index contributed by atoms with van der Waals surface area (Å²) in [6.07, 6.45) is 0. The fourth-order valence-electron chi connectivity index (χ4n) is 1.73. The van der Waals surface area contributed by atoms with Gasteiger partial charge in [0.1, 0.15) is 5.82 Å². The van der Waals surface area contributed by atoms with E-state index in [0.717, 1.165) is 6.07 Å². The maximum Gasteiger partial charge on any atom is 0.243 e. The number of likely N-dealkylation sites (N-methyl/N-ethyl adjacent to an activating group) is 1. The molecule has 4 nitrogen and oxygen atoms in total. The molecular weight excluding hydrogens is 243 g/mol. The van der Waals surface area contributed by atoms with E-state index in [0.29, 0.717) is 18.7 Å². The molecule has 1 heterocycles. The Bertz CT molecular complexity index is 526. The van der Waals surface area contributed by atoms with Crippen LogP contribution >= 0.6 is 0 Å². The van der Waals surface area contributed by atoms with Crippen LogP contribution in [0.25, 0.3) is 0 Å². The summed E-state index contributed by atoms with van der Waals surface area (Å²) < 4.78 is 39.0. The van der Waals surface area contributed by atoms with E-state index in [-0.39, 0.29) is 10.9 Å². The van der Waals surface area contributed by atoms with Crippen LogP contribution in [0.3, 0.4) is 0 Å². The van der Waals surface area contributed by atoms with E-state index in [2.05, 4.69) is 5.32 Å². The maximum absolute atomic E-state index is 13.1. The van der Waals surface area contributed by atoms with Gasteiger partial charge in [-0.25, -0.2) is 12.8 Å². The molecule has 0 saturated carbocycles. The second-order valence-electron chi connectivity index (χ2n) is 4.24. The Kier molecular flexibility index (Phi) is 3.20. The molecule has 0 spiro atoms. The molecule has 1 fully saturated rings. The van der Waals surface area contributed by atoms with Crippen LogP contribution in [-0.4, -0.2) is 38.9 Å². The maximum atomic E-state index is 13.1. The summed E-state index contributed by atoms with van der Waals surface area (Å²) in [6, 6.07) is 3.78. The monoisotopic (exact) mass is 258 g/mol.